The minimum atomic E-state index is -0.173. The Labute approximate surface area is 84.1 Å². The van der Waals surface area contributed by atoms with E-state index in [1.807, 2.05) is 6.07 Å². The van der Waals surface area contributed by atoms with Crippen LogP contribution in [0, 0.1) is 11.7 Å². The van der Waals surface area contributed by atoms with Crippen molar-refractivity contribution in [1.82, 2.24) is 0 Å². The second kappa shape index (κ2) is 3.70. The number of hydrogen-bond donors (Lipinski definition) is 1. The van der Waals surface area contributed by atoms with Crippen molar-refractivity contribution in [3.05, 3.63) is 35.1 Å². The molecule has 0 spiro atoms. The van der Waals surface area contributed by atoms with Gasteiger partial charge in [-0.2, -0.15) is 0 Å². The summed E-state index contributed by atoms with van der Waals surface area (Å²) in [4.78, 5) is 0. The van der Waals surface area contributed by atoms with Crippen LogP contribution < -0.4 is 5.73 Å². The fraction of sp³-hybridized carbons (Fsp3) is 0.500. The van der Waals surface area contributed by atoms with E-state index in [2.05, 4.69) is 6.92 Å². The summed E-state index contributed by atoms with van der Waals surface area (Å²) in [6, 6.07) is 5.01. The van der Waals surface area contributed by atoms with Crippen LogP contribution in [0.4, 0.5) is 4.39 Å². The Morgan fingerprint density at radius 1 is 1.50 bits per heavy atom. The van der Waals surface area contributed by atoms with Crippen molar-refractivity contribution >= 4 is 0 Å². The summed E-state index contributed by atoms with van der Waals surface area (Å²) in [6.07, 6.45) is 3.32. The maximum Gasteiger partial charge on any atom is 0.123 e. The van der Waals surface area contributed by atoms with Crippen LogP contribution in [0.1, 0.15) is 36.9 Å². The summed E-state index contributed by atoms with van der Waals surface area (Å²) in [5, 5.41) is 0. The van der Waals surface area contributed by atoms with Gasteiger partial charge in [-0.3, -0.25) is 0 Å². The zero-order valence-electron chi connectivity index (χ0n) is 8.46. The lowest BCUT2D eigenvalue weighted by Crippen LogP contribution is -2.14. The average molecular weight is 193 g/mol. The molecular formula is C12H16FN. The summed E-state index contributed by atoms with van der Waals surface area (Å²) < 4.78 is 13.1. The molecule has 2 heteroatoms. The average Bonchev–Trinajstić information content (AvgIpc) is 3.00. The van der Waals surface area contributed by atoms with Crippen LogP contribution in [0.3, 0.4) is 0 Å². The molecular weight excluding hydrogens is 177 g/mol. The van der Waals surface area contributed by atoms with Crippen LogP contribution >= 0.6 is 0 Å². The molecule has 1 aliphatic rings. The molecule has 1 atom stereocenters. The first-order valence-electron chi connectivity index (χ1n) is 5.26. The van der Waals surface area contributed by atoms with Gasteiger partial charge in [-0.05, 0) is 48.4 Å². The van der Waals surface area contributed by atoms with Crippen molar-refractivity contribution in [2.75, 3.05) is 0 Å². The molecule has 1 fully saturated rings. The van der Waals surface area contributed by atoms with Crippen LogP contribution in [-0.4, -0.2) is 0 Å². The lowest BCUT2D eigenvalue weighted by atomic mass is 9.96. The van der Waals surface area contributed by atoms with E-state index in [4.69, 9.17) is 5.73 Å². The van der Waals surface area contributed by atoms with Gasteiger partial charge in [-0.1, -0.05) is 13.0 Å². The molecule has 0 amide bonds. The Morgan fingerprint density at radius 2 is 2.21 bits per heavy atom. The molecule has 0 aromatic heterocycles. The molecule has 2 N–H and O–H groups in total. The summed E-state index contributed by atoms with van der Waals surface area (Å²) in [5.74, 6) is 0.412. The van der Waals surface area contributed by atoms with Gasteiger partial charge < -0.3 is 5.73 Å². The Kier molecular flexibility index (Phi) is 2.55. The fourth-order valence-corrected chi connectivity index (χ4v) is 1.91. The maximum absolute atomic E-state index is 13.1. The van der Waals surface area contributed by atoms with Gasteiger partial charge in [0.2, 0.25) is 0 Å². The number of hydrogen-bond acceptors (Lipinski definition) is 1. The standard InChI is InChI=1S/C12H16FN/c1-2-8-5-6-10(13)7-11(8)12(14)9-3-4-9/h5-7,9,12H,2-4,14H2,1H3. The van der Waals surface area contributed by atoms with Gasteiger partial charge in [0.1, 0.15) is 5.82 Å². The number of benzene rings is 1. The monoisotopic (exact) mass is 193 g/mol. The molecule has 0 radical (unpaired) electrons. The first-order valence-corrected chi connectivity index (χ1v) is 5.26. The summed E-state index contributed by atoms with van der Waals surface area (Å²) in [5.41, 5.74) is 8.27. The van der Waals surface area contributed by atoms with Crippen LogP contribution in [0.2, 0.25) is 0 Å². The number of rotatable bonds is 3. The van der Waals surface area contributed by atoms with Crippen molar-refractivity contribution in [2.24, 2.45) is 11.7 Å². The molecule has 2 rings (SSSR count). The minimum Gasteiger partial charge on any atom is -0.324 e. The van der Waals surface area contributed by atoms with Gasteiger partial charge in [0, 0.05) is 6.04 Å². The van der Waals surface area contributed by atoms with E-state index in [9.17, 15) is 4.39 Å². The highest BCUT2D eigenvalue weighted by atomic mass is 19.1. The normalized spacial score (nSPS) is 18.2. The highest BCUT2D eigenvalue weighted by Crippen LogP contribution is 2.40. The Balaban J connectivity index is 2.32. The third kappa shape index (κ3) is 1.80. The van der Waals surface area contributed by atoms with E-state index in [1.165, 1.54) is 24.5 Å². The van der Waals surface area contributed by atoms with E-state index in [0.717, 1.165) is 12.0 Å². The van der Waals surface area contributed by atoms with Gasteiger partial charge in [0.15, 0.2) is 0 Å². The summed E-state index contributed by atoms with van der Waals surface area (Å²) in [7, 11) is 0. The molecule has 1 unspecified atom stereocenters. The molecule has 1 aromatic rings. The number of aryl methyl sites for hydroxylation is 1. The molecule has 76 valence electrons. The SMILES string of the molecule is CCc1ccc(F)cc1C(N)C1CC1. The topological polar surface area (TPSA) is 26.0 Å². The van der Waals surface area contributed by atoms with Crippen LogP contribution in [-0.2, 0) is 6.42 Å². The van der Waals surface area contributed by atoms with Gasteiger partial charge >= 0.3 is 0 Å². The van der Waals surface area contributed by atoms with E-state index < -0.39 is 0 Å². The maximum atomic E-state index is 13.1. The van der Waals surface area contributed by atoms with Crippen molar-refractivity contribution in [1.29, 1.82) is 0 Å². The highest BCUT2D eigenvalue weighted by Gasteiger charge is 2.30. The second-order valence-electron chi connectivity index (χ2n) is 4.06. The van der Waals surface area contributed by atoms with Crippen molar-refractivity contribution in [2.45, 2.75) is 32.2 Å². The van der Waals surface area contributed by atoms with Crippen LogP contribution in [0.15, 0.2) is 18.2 Å². The van der Waals surface area contributed by atoms with Gasteiger partial charge in [0.25, 0.3) is 0 Å². The molecule has 0 bridgehead atoms. The lowest BCUT2D eigenvalue weighted by molar-refractivity contribution is 0.597. The van der Waals surface area contributed by atoms with E-state index >= 15 is 0 Å². The quantitative estimate of drug-likeness (QED) is 0.784. The Bertz CT molecular complexity index is 331. The molecule has 1 nitrogen and oxygen atoms in total. The van der Waals surface area contributed by atoms with E-state index in [-0.39, 0.29) is 11.9 Å². The fourth-order valence-electron chi connectivity index (χ4n) is 1.91. The third-order valence-electron chi connectivity index (χ3n) is 2.98. The number of nitrogens with two attached hydrogens (primary N) is 1. The summed E-state index contributed by atoms with van der Waals surface area (Å²) in [6.45, 7) is 2.08. The van der Waals surface area contributed by atoms with Crippen LogP contribution in [0.25, 0.3) is 0 Å². The zero-order chi connectivity index (χ0) is 10.1. The molecule has 1 aliphatic carbocycles. The largest absolute Gasteiger partial charge is 0.324 e. The molecule has 0 saturated heterocycles. The van der Waals surface area contributed by atoms with Gasteiger partial charge in [0.05, 0.1) is 0 Å². The predicted molar refractivity (Wildman–Crippen MR) is 55.4 cm³/mol. The number of halogens is 1. The molecule has 1 aromatic carbocycles. The van der Waals surface area contributed by atoms with Gasteiger partial charge in [-0.15, -0.1) is 0 Å². The predicted octanol–water partition coefficient (Wildman–Crippen LogP) is 2.80. The highest BCUT2D eigenvalue weighted by molar-refractivity contribution is 5.31. The Morgan fingerprint density at radius 3 is 2.79 bits per heavy atom. The first kappa shape index (κ1) is 9.66. The first-order chi connectivity index (χ1) is 6.72. The van der Waals surface area contributed by atoms with E-state index in [0.29, 0.717) is 5.92 Å². The third-order valence-corrected chi connectivity index (χ3v) is 2.98. The van der Waals surface area contributed by atoms with Crippen molar-refractivity contribution in [3.8, 4) is 0 Å². The zero-order valence-corrected chi connectivity index (χ0v) is 8.46. The second-order valence-corrected chi connectivity index (χ2v) is 4.06. The van der Waals surface area contributed by atoms with Crippen molar-refractivity contribution in [3.63, 3.8) is 0 Å². The Hall–Kier alpha value is -0.890. The molecule has 0 aliphatic heterocycles. The molecule has 14 heavy (non-hydrogen) atoms. The van der Waals surface area contributed by atoms with Crippen molar-refractivity contribution < 1.29 is 4.39 Å². The molecule has 1 saturated carbocycles. The van der Waals surface area contributed by atoms with Crippen LogP contribution in [0.5, 0.6) is 0 Å². The smallest absolute Gasteiger partial charge is 0.123 e. The summed E-state index contributed by atoms with van der Waals surface area (Å²) >= 11 is 0. The van der Waals surface area contributed by atoms with Gasteiger partial charge in [-0.25, -0.2) is 4.39 Å². The van der Waals surface area contributed by atoms with E-state index in [1.54, 1.807) is 6.07 Å². The minimum absolute atomic E-state index is 0.0423. The molecule has 0 heterocycles. The lowest BCUT2D eigenvalue weighted by Gasteiger charge is -2.15.